The number of amides is 1. The number of fused-ring (bicyclic) bond motifs is 1. The van der Waals surface area contributed by atoms with Crippen molar-refractivity contribution in [2.75, 3.05) is 13.2 Å². The van der Waals surface area contributed by atoms with E-state index in [1.807, 2.05) is 59.5 Å². The Kier molecular flexibility index (Phi) is 6.87. The Balaban J connectivity index is 1.50. The molecule has 1 aliphatic heterocycles. The molecule has 0 radical (unpaired) electrons. The van der Waals surface area contributed by atoms with Crippen molar-refractivity contribution >= 4 is 17.5 Å². The zero-order valence-electron chi connectivity index (χ0n) is 19.7. The van der Waals surface area contributed by atoms with E-state index < -0.39 is 0 Å². The lowest BCUT2D eigenvalue weighted by Gasteiger charge is -2.26. The minimum absolute atomic E-state index is 0.0306. The van der Waals surface area contributed by atoms with Crippen molar-refractivity contribution in [2.45, 2.75) is 32.2 Å². The van der Waals surface area contributed by atoms with Gasteiger partial charge in [0.1, 0.15) is 11.4 Å². The standard InChI is InChI=1S/C29H28ClN3O2/c1-2-3-19-35-24-15-11-22(12-16-24)28-25-26(21-9-13-23(30)14-10-21)31-32-27(25)29(34)33(28)18-17-20-7-5-4-6-8-20/h4-16,28H,2-3,17-19H2,1H3,(H,31,32). The maximum atomic E-state index is 13.6. The average Bonchev–Trinajstić information content (AvgIpc) is 3.43. The number of rotatable bonds is 9. The van der Waals surface area contributed by atoms with Gasteiger partial charge < -0.3 is 9.64 Å². The molecule has 0 fully saturated rings. The first-order valence-corrected chi connectivity index (χ1v) is 12.5. The third kappa shape index (κ3) is 4.82. The first-order chi connectivity index (χ1) is 17.2. The summed E-state index contributed by atoms with van der Waals surface area (Å²) >= 11 is 6.12. The van der Waals surface area contributed by atoms with Crippen LogP contribution in [0.2, 0.25) is 5.02 Å². The minimum Gasteiger partial charge on any atom is -0.494 e. The number of aromatic nitrogens is 2. The maximum Gasteiger partial charge on any atom is 0.273 e. The molecule has 3 aromatic carbocycles. The van der Waals surface area contributed by atoms with Gasteiger partial charge in [0, 0.05) is 22.7 Å². The summed E-state index contributed by atoms with van der Waals surface area (Å²) in [4.78, 5) is 15.5. The van der Waals surface area contributed by atoms with E-state index in [9.17, 15) is 4.79 Å². The fourth-order valence-electron chi connectivity index (χ4n) is 4.58. The van der Waals surface area contributed by atoms with Crippen LogP contribution in [-0.4, -0.2) is 34.2 Å². The van der Waals surface area contributed by atoms with Gasteiger partial charge in [-0.1, -0.05) is 79.5 Å². The highest BCUT2D eigenvalue weighted by Crippen LogP contribution is 2.43. The van der Waals surface area contributed by atoms with Crippen molar-refractivity contribution < 1.29 is 9.53 Å². The summed E-state index contributed by atoms with van der Waals surface area (Å²) in [6.45, 7) is 3.45. The van der Waals surface area contributed by atoms with Gasteiger partial charge in [0.15, 0.2) is 0 Å². The van der Waals surface area contributed by atoms with Crippen LogP contribution in [-0.2, 0) is 6.42 Å². The van der Waals surface area contributed by atoms with Crippen LogP contribution in [0.15, 0.2) is 78.9 Å². The highest BCUT2D eigenvalue weighted by Gasteiger charge is 2.41. The molecule has 1 aromatic heterocycles. The molecule has 4 aromatic rings. The number of H-pyrrole nitrogens is 1. The van der Waals surface area contributed by atoms with Gasteiger partial charge in [0.05, 0.1) is 18.3 Å². The predicted molar refractivity (Wildman–Crippen MR) is 139 cm³/mol. The Labute approximate surface area is 210 Å². The Morgan fingerprint density at radius 1 is 1.00 bits per heavy atom. The molecule has 0 aliphatic carbocycles. The zero-order chi connectivity index (χ0) is 24.2. The third-order valence-corrected chi connectivity index (χ3v) is 6.68. The van der Waals surface area contributed by atoms with Gasteiger partial charge in [-0.15, -0.1) is 0 Å². The normalized spacial score (nSPS) is 14.9. The number of nitrogens with zero attached hydrogens (tertiary/aromatic N) is 2. The number of carbonyl (C=O) groups excluding carboxylic acids is 1. The largest absolute Gasteiger partial charge is 0.494 e. The fourth-order valence-corrected chi connectivity index (χ4v) is 4.70. The summed E-state index contributed by atoms with van der Waals surface area (Å²) in [6, 6.07) is 25.7. The van der Waals surface area contributed by atoms with Crippen molar-refractivity contribution in [3.63, 3.8) is 0 Å². The number of ether oxygens (including phenoxy) is 1. The van der Waals surface area contributed by atoms with Gasteiger partial charge in [-0.3, -0.25) is 9.89 Å². The van der Waals surface area contributed by atoms with Crippen molar-refractivity contribution in [2.24, 2.45) is 0 Å². The second-order valence-corrected chi connectivity index (χ2v) is 9.21. The maximum absolute atomic E-state index is 13.6. The number of hydrogen-bond donors (Lipinski definition) is 1. The molecule has 5 rings (SSSR count). The first-order valence-electron chi connectivity index (χ1n) is 12.1. The third-order valence-electron chi connectivity index (χ3n) is 6.43. The Hall–Kier alpha value is -3.57. The summed E-state index contributed by atoms with van der Waals surface area (Å²) in [5.74, 6) is 0.810. The molecule has 1 unspecified atom stereocenters. The monoisotopic (exact) mass is 485 g/mol. The topological polar surface area (TPSA) is 58.2 Å². The van der Waals surface area contributed by atoms with E-state index in [1.54, 1.807) is 0 Å². The van der Waals surface area contributed by atoms with Crippen LogP contribution in [0.5, 0.6) is 5.75 Å². The molecule has 0 saturated heterocycles. The summed E-state index contributed by atoms with van der Waals surface area (Å²) in [5, 5.41) is 8.23. The van der Waals surface area contributed by atoms with Crippen molar-refractivity contribution in [3.8, 4) is 17.0 Å². The van der Waals surface area contributed by atoms with Crippen molar-refractivity contribution in [3.05, 3.63) is 106 Å². The number of nitrogens with one attached hydrogen (secondary N) is 1. The van der Waals surface area contributed by atoms with E-state index in [0.717, 1.165) is 47.4 Å². The molecule has 0 saturated carbocycles. The molecular weight excluding hydrogens is 458 g/mol. The van der Waals surface area contributed by atoms with E-state index in [-0.39, 0.29) is 11.9 Å². The summed E-state index contributed by atoms with van der Waals surface area (Å²) in [5.41, 5.74) is 5.39. The molecule has 0 bridgehead atoms. The van der Waals surface area contributed by atoms with Crippen LogP contribution in [0.4, 0.5) is 0 Å². The number of halogens is 1. The van der Waals surface area contributed by atoms with Gasteiger partial charge in [0.2, 0.25) is 0 Å². The number of benzene rings is 3. The van der Waals surface area contributed by atoms with E-state index in [0.29, 0.717) is 23.9 Å². The number of unbranched alkanes of at least 4 members (excludes halogenated alkanes) is 1. The molecule has 35 heavy (non-hydrogen) atoms. The van der Waals surface area contributed by atoms with Crippen LogP contribution < -0.4 is 4.74 Å². The average molecular weight is 486 g/mol. The fraction of sp³-hybridized carbons (Fsp3) is 0.241. The SMILES string of the molecule is CCCCOc1ccc(C2c3c(-c4ccc(Cl)cc4)n[nH]c3C(=O)N2CCc2ccccc2)cc1. The van der Waals surface area contributed by atoms with Crippen molar-refractivity contribution in [1.82, 2.24) is 15.1 Å². The molecule has 2 heterocycles. The second-order valence-electron chi connectivity index (χ2n) is 8.78. The van der Waals surface area contributed by atoms with Crippen LogP contribution in [0.25, 0.3) is 11.3 Å². The lowest BCUT2D eigenvalue weighted by atomic mass is 9.96. The van der Waals surface area contributed by atoms with Gasteiger partial charge in [-0.05, 0) is 48.2 Å². The summed E-state index contributed by atoms with van der Waals surface area (Å²) < 4.78 is 5.86. The summed E-state index contributed by atoms with van der Waals surface area (Å²) in [6.07, 6.45) is 2.89. The Bertz CT molecular complexity index is 1280. The molecule has 1 aliphatic rings. The Morgan fingerprint density at radius 3 is 2.46 bits per heavy atom. The number of hydrogen-bond acceptors (Lipinski definition) is 3. The van der Waals surface area contributed by atoms with E-state index in [1.165, 1.54) is 5.56 Å². The highest BCUT2D eigenvalue weighted by molar-refractivity contribution is 6.30. The molecule has 6 heteroatoms. The van der Waals surface area contributed by atoms with Gasteiger partial charge in [-0.2, -0.15) is 5.10 Å². The molecule has 1 atom stereocenters. The van der Waals surface area contributed by atoms with E-state index in [2.05, 4.69) is 41.4 Å². The van der Waals surface area contributed by atoms with Crippen LogP contribution >= 0.6 is 11.6 Å². The molecular formula is C29H28ClN3O2. The first kappa shape index (κ1) is 23.2. The van der Waals surface area contributed by atoms with Gasteiger partial charge >= 0.3 is 0 Å². The lowest BCUT2D eigenvalue weighted by molar-refractivity contribution is 0.0746. The smallest absolute Gasteiger partial charge is 0.273 e. The molecule has 1 N–H and O–H groups in total. The minimum atomic E-state index is -0.240. The van der Waals surface area contributed by atoms with Crippen LogP contribution in [0.3, 0.4) is 0 Å². The van der Waals surface area contributed by atoms with Crippen molar-refractivity contribution in [1.29, 1.82) is 0 Å². The van der Waals surface area contributed by atoms with E-state index >= 15 is 0 Å². The second kappa shape index (κ2) is 10.4. The highest BCUT2D eigenvalue weighted by atomic mass is 35.5. The quantitative estimate of drug-likeness (QED) is 0.268. The number of carbonyl (C=O) groups is 1. The molecule has 0 spiro atoms. The number of aromatic amines is 1. The zero-order valence-corrected chi connectivity index (χ0v) is 20.5. The summed E-state index contributed by atoms with van der Waals surface area (Å²) in [7, 11) is 0. The molecule has 5 nitrogen and oxygen atoms in total. The Morgan fingerprint density at radius 2 is 1.74 bits per heavy atom. The van der Waals surface area contributed by atoms with Crippen LogP contribution in [0, 0.1) is 0 Å². The molecule has 1 amide bonds. The van der Waals surface area contributed by atoms with E-state index in [4.69, 9.17) is 16.3 Å². The predicted octanol–water partition coefficient (Wildman–Crippen LogP) is 6.70. The van der Waals surface area contributed by atoms with Gasteiger partial charge in [-0.25, -0.2) is 0 Å². The molecule has 178 valence electrons. The lowest BCUT2D eigenvalue weighted by Crippen LogP contribution is -2.31. The van der Waals surface area contributed by atoms with Gasteiger partial charge in [0.25, 0.3) is 5.91 Å². The van der Waals surface area contributed by atoms with Crippen LogP contribution in [0.1, 0.15) is 53.0 Å².